The van der Waals surface area contributed by atoms with Crippen LogP contribution in [0.5, 0.6) is 0 Å². The van der Waals surface area contributed by atoms with Crippen LogP contribution < -0.4 is 5.73 Å². The molecule has 4 aliphatic rings. The lowest BCUT2D eigenvalue weighted by Crippen LogP contribution is -2.53. The van der Waals surface area contributed by atoms with E-state index in [9.17, 15) is 9.59 Å². The first kappa shape index (κ1) is 13.4. The summed E-state index contributed by atoms with van der Waals surface area (Å²) < 4.78 is 5.20. The molecule has 0 heterocycles. The summed E-state index contributed by atoms with van der Waals surface area (Å²) in [4.78, 5) is 22.5. The highest BCUT2D eigenvalue weighted by atomic mass is 79.9. The number of carbonyl (C=O) groups excluding carboxylic acids is 2. The first-order chi connectivity index (χ1) is 8.88. The molecular weight excluding hydrogens is 310 g/mol. The number of carbonyl (C=O) groups is 2. The first-order valence-corrected chi connectivity index (χ1v) is 7.80. The van der Waals surface area contributed by atoms with Gasteiger partial charge in [-0.05, 0) is 55.8 Å². The van der Waals surface area contributed by atoms with Crippen LogP contribution in [0.3, 0.4) is 0 Å². The van der Waals surface area contributed by atoms with Crippen molar-refractivity contribution in [3.63, 3.8) is 0 Å². The molecule has 4 fully saturated rings. The first-order valence-electron chi connectivity index (χ1n) is 7.01. The van der Waals surface area contributed by atoms with Gasteiger partial charge >= 0.3 is 5.97 Å². The fourth-order valence-electron chi connectivity index (χ4n) is 5.05. The Balaban J connectivity index is 1.67. The molecule has 4 rings (SSSR count). The number of esters is 1. The molecule has 0 aromatic rings. The molecule has 5 heteroatoms. The summed E-state index contributed by atoms with van der Waals surface area (Å²) in [5.41, 5.74) is 5.10. The van der Waals surface area contributed by atoms with Gasteiger partial charge in [-0.15, -0.1) is 0 Å². The Morgan fingerprint density at radius 3 is 2.37 bits per heavy atom. The van der Waals surface area contributed by atoms with E-state index in [0.29, 0.717) is 6.42 Å². The van der Waals surface area contributed by atoms with E-state index in [0.717, 1.165) is 31.1 Å². The van der Waals surface area contributed by atoms with Crippen molar-refractivity contribution < 1.29 is 14.3 Å². The van der Waals surface area contributed by atoms with E-state index in [4.69, 9.17) is 10.5 Å². The zero-order chi connectivity index (χ0) is 13.7. The Morgan fingerprint density at radius 1 is 1.21 bits per heavy atom. The van der Waals surface area contributed by atoms with E-state index >= 15 is 0 Å². The number of hydrogen-bond acceptors (Lipinski definition) is 3. The van der Waals surface area contributed by atoms with Crippen LogP contribution in [0.15, 0.2) is 0 Å². The number of alkyl halides is 1. The van der Waals surface area contributed by atoms with Crippen LogP contribution in [-0.2, 0) is 14.3 Å². The molecule has 4 atom stereocenters. The van der Waals surface area contributed by atoms with Crippen molar-refractivity contribution in [2.24, 2.45) is 23.0 Å². The number of primary amides is 1. The molecule has 2 unspecified atom stereocenters. The van der Waals surface area contributed by atoms with Crippen LogP contribution in [0.2, 0.25) is 0 Å². The van der Waals surface area contributed by atoms with Crippen LogP contribution >= 0.6 is 15.9 Å². The Bertz CT molecular complexity index is 409. The van der Waals surface area contributed by atoms with Crippen molar-refractivity contribution in [1.82, 2.24) is 0 Å². The summed E-state index contributed by atoms with van der Waals surface area (Å²) in [5.74, 6) is 0.654. The monoisotopic (exact) mass is 329 g/mol. The van der Waals surface area contributed by atoms with Gasteiger partial charge in [-0.2, -0.15) is 0 Å². The quantitative estimate of drug-likeness (QED) is 0.634. The lowest BCUT2D eigenvalue weighted by Gasteiger charge is -2.60. The third-order valence-electron chi connectivity index (χ3n) is 5.01. The lowest BCUT2D eigenvalue weighted by molar-refractivity contribution is -0.154. The van der Waals surface area contributed by atoms with Crippen molar-refractivity contribution in [2.45, 2.75) is 49.3 Å². The molecule has 4 aliphatic carbocycles. The second-order valence-corrected chi connectivity index (χ2v) is 8.60. The van der Waals surface area contributed by atoms with Crippen molar-refractivity contribution in [3.8, 4) is 0 Å². The second kappa shape index (κ2) is 4.47. The highest BCUT2D eigenvalue weighted by Gasteiger charge is 2.57. The van der Waals surface area contributed by atoms with Gasteiger partial charge in [0.15, 0.2) is 6.61 Å². The van der Waals surface area contributed by atoms with E-state index in [2.05, 4.69) is 15.9 Å². The number of halogens is 1. The number of rotatable bonds is 4. The van der Waals surface area contributed by atoms with E-state index < -0.39 is 5.91 Å². The molecule has 1 amide bonds. The van der Waals surface area contributed by atoms with Gasteiger partial charge in [0.1, 0.15) is 0 Å². The zero-order valence-electron chi connectivity index (χ0n) is 11.0. The molecule has 4 saturated carbocycles. The summed E-state index contributed by atoms with van der Waals surface area (Å²) in [5, 5.41) is 0. The van der Waals surface area contributed by atoms with Gasteiger partial charge in [0.05, 0.1) is 6.42 Å². The summed E-state index contributed by atoms with van der Waals surface area (Å²) in [6.07, 6.45) is 7.62. The molecule has 2 N–H and O–H groups in total. The van der Waals surface area contributed by atoms with E-state index in [1.54, 1.807) is 0 Å². The molecule has 19 heavy (non-hydrogen) atoms. The predicted octanol–water partition coefficient (Wildman–Crippen LogP) is 2.14. The smallest absolute Gasteiger partial charge is 0.306 e. The Hall–Kier alpha value is -0.580. The molecule has 106 valence electrons. The molecule has 0 radical (unpaired) electrons. The topological polar surface area (TPSA) is 69.4 Å². The van der Waals surface area contributed by atoms with Crippen molar-refractivity contribution in [3.05, 3.63) is 0 Å². The number of nitrogens with two attached hydrogens (primary N) is 1. The summed E-state index contributed by atoms with van der Waals surface area (Å²) in [6.45, 7) is -0.290. The Kier molecular flexibility index (Phi) is 3.15. The molecule has 0 spiro atoms. The minimum Gasteiger partial charge on any atom is -0.456 e. The van der Waals surface area contributed by atoms with Gasteiger partial charge < -0.3 is 10.5 Å². The van der Waals surface area contributed by atoms with Crippen LogP contribution in [0.4, 0.5) is 0 Å². The Labute approximate surface area is 121 Å². The third-order valence-corrected chi connectivity index (χ3v) is 5.93. The molecule has 4 bridgehead atoms. The van der Waals surface area contributed by atoms with Gasteiger partial charge in [0.25, 0.3) is 5.91 Å². The largest absolute Gasteiger partial charge is 0.456 e. The maximum absolute atomic E-state index is 11.9. The average molecular weight is 330 g/mol. The van der Waals surface area contributed by atoms with Gasteiger partial charge in [0.2, 0.25) is 0 Å². The van der Waals surface area contributed by atoms with Gasteiger partial charge in [0, 0.05) is 4.32 Å². The fourth-order valence-corrected chi connectivity index (χ4v) is 6.56. The Morgan fingerprint density at radius 2 is 1.84 bits per heavy atom. The normalized spacial score (nSPS) is 43.2. The van der Waals surface area contributed by atoms with Crippen LogP contribution in [0, 0.1) is 17.3 Å². The van der Waals surface area contributed by atoms with Crippen LogP contribution in [0.1, 0.15) is 44.9 Å². The van der Waals surface area contributed by atoms with Crippen molar-refractivity contribution in [1.29, 1.82) is 0 Å². The molecule has 0 aromatic heterocycles. The third kappa shape index (κ3) is 2.67. The van der Waals surface area contributed by atoms with Crippen molar-refractivity contribution >= 4 is 27.8 Å². The van der Waals surface area contributed by atoms with E-state index in [-0.39, 0.29) is 22.3 Å². The van der Waals surface area contributed by atoms with Gasteiger partial charge in [-0.3, -0.25) is 9.59 Å². The molecular formula is C14H20BrNO3. The van der Waals surface area contributed by atoms with Crippen LogP contribution in [-0.4, -0.2) is 22.8 Å². The summed E-state index contributed by atoms with van der Waals surface area (Å²) in [6, 6.07) is 0. The maximum Gasteiger partial charge on any atom is 0.306 e. The fraction of sp³-hybridized carbons (Fsp3) is 0.857. The maximum atomic E-state index is 11.9. The van der Waals surface area contributed by atoms with Gasteiger partial charge in [-0.25, -0.2) is 0 Å². The predicted molar refractivity (Wildman–Crippen MR) is 73.5 cm³/mol. The molecule has 0 aliphatic heterocycles. The van der Waals surface area contributed by atoms with Crippen LogP contribution in [0.25, 0.3) is 0 Å². The number of amides is 1. The van der Waals surface area contributed by atoms with E-state index in [1.165, 1.54) is 19.3 Å². The highest BCUT2D eigenvalue weighted by molar-refractivity contribution is 9.10. The zero-order valence-corrected chi connectivity index (χ0v) is 12.6. The lowest BCUT2D eigenvalue weighted by atomic mass is 9.49. The summed E-state index contributed by atoms with van der Waals surface area (Å²) in [7, 11) is 0. The standard InChI is InChI=1S/C14H20BrNO3/c15-14-4-9-1-10(5-14)3-13(2-9,8-14)6-12(18)19-7-11(16)17/h9-10H,1-8H2,(H2,16,17)/t9-,10+,13?,14?. The molecule has 0 saturated heterocycles. The summed E-state index contributed by atoms with van der Waals surface area (Å²) >= 11 is 3.92. The van der Waals surface area contributed by atoms with Crippen molar-refractivity contribution in [2.75, 3.05) is 6.61 Å². The second-order valence-electron chi connectivity index (χ2n) is 6.92. The highest BCUT2D eigenvalue weighted by Crippen LogP contribution is 2.65. The minimum atomic E-state index is -0.587. The van der Waals surface area contributed by atoms with E-state index in [1.807, 2.05) is 0 Å². The SMILES string of the molecule is NC(=O)COC(=O)CC12C[C@@H]3C[C@@H](CC(Br)(C3)C1)C2. The number of hydrogen-bond donors (Lipinski definition) is 1. The minimum absolute atomic E-state index is 0.0995. The average Bonchev–Trinajstić information content (AvgIpc) is 2.21. The molecule has 0 aromatic carbocycles. The molecule has 4 nitrogen and oxygen atoms in total. The number of ether oxygens (including phenoxy) is 1. The van der Waals surface area contributed by atoms with Gasteiger partial charge in [-0.1, -0.05) is 15.9 Å².